The molecule has 0 radical (unpaired) electrons. The van der Waals surface area contributed by atoms with Gasteiger partial charge in [0.05, 0.1) is 12.1 Å². The van der Waals surface area contributed by atoms with Gasteiger partial charge in [-0.15, -0.1) is 0 Å². The van der Waals surface area contributed by atoms with E-state index in [1.165, 1.54) is 19.2 Å². The minimum atomic E-state index is -5.05. The van der Waals surface area contributed by atoms with Crippen molar-refractivity contribution in [2.24, 2.45) is 0 Å². The van der Waals surface area contributed by atoms with Crippen LogP contribution < -0.4 is 4.74 Å². The Morgan fingerprint density at radius 3 is 2.50 bits per heavy atom. The fraction of sp³-hybridized carbons (Fsp3) is 0.263. The maximum absolute atomic E-state index is 14.0. The van der Waals surface area contributed by atoms with Crippen molar-refractivity contribution in [1.82, 2.24) is 0 Å². The van der Waals surface area contributed by atoms with E-state index in [4.69, 9.17) is 20.5 Å². The number of rotatable bonds is 4. The zero-order valence-corrected chi connectivity index (χ0v) is 16.2. The van der Waals surface area contributed by atoms with Crippen molar-refractivity contribution in [3.63, 3.8) is 0 Å². The SMILES string of the molecule is COc1ccc2c(c1)CCCC(c1ccc(Cl)c(F)c1)=C2OS(=O)C(F)(F)F. The lowest BCUT2D eigenvalue weighted by molar-refractivity contribution is -0.0445. The Hall–Kier alpha value is -2.06. The predicted molar refractivity (Wildman–Crippen MR) is 99.4 cm³/mol. The molecule has 0 amide bonds. The van der Waals surface area contributed by atoms with Crippen LogP contribution in [0.4, 0.5) is 17.6 Å². The van der Waals surface area contributed by atoms with E-state index in [0.717, 1.165) is 6.07 Å². The third-order valence-electron chi connectivity index (χ3n) is 4.32. The van der Waals surface area contributed by atoms with Crippen molar-refractivity contribution in [2.75, 3.05) is 7.11 Å². The maximum Gasteiger partial charge on any atom is 0.508 e. The predicted octanol–water partition coefficient (Wildman–Crippen LogP) is 5.89. The lowest BCUT2D eigenvalue weighted by Crippen LogP contribution is -2.18. The molecule has 0 N–H and O–H groups in total. The number of hydrogen-bond acceptors (Lipinski definition) is 3. The topological polar surface area (TPSA) is 35.5 Å². The third-order valence-corrected chi connectivity index (χ3v) is 5.32. The number of hydrogen-bond donors (Lipinski definition) is 0. The van der Waals surface area contributed by atoms with Crippen molar-refractivity contribution >= 4 is 34.0 Å². The van der Waals surface area contributed by atoms with Crippen LogP contribution in [0.2, 0.25) is 5.02 Å². The highest BCUT2D eigenvalue weighted by atomic mass is 35.5. The normalized spacial score (nSPS) is 15.6. The van der Waals surface area contributed by atoms with E-state index < -0.39 is 22.4 Å². The second kappa shape index (κ2) is 8.13. The summed E-state index contributed by atoms with van der Waals surface area (Å²) in [6.45, 7) is 0. The van der Waals surface area contributed by atoms with Gasteiger partial charge in [-0.25, -0.2) is 8.60 Å². The van der Waals surface area contributed by atoms with E-state index in [9.17, 15) is 21.8 Å². The van der Waals surface area contributed by atoms with E-state index >= 15 is 0 Å². The van der Waals surface area contributed by atoms with Crippen molar-refractivity contribution in [2.45, 2.75) is 24.8 Å². The lowest BCUT2D eigenvalue weighted by Gasteiger charge is -2.17. The van der Waals surface area contributed by atoms with Crippen LogP contribution in [0.15, 0.2) is 36.4 Å². The molecule has 1 aliphatic carbocycles. The van der Waals surface area contributed by atoms with Crippen LogP contribution in [0.5, 0.6) is 5.75 Å². The quantitative estimate of drug-likeness (QED) is 0.563. The number of methoxy groups -OCH3 is 1. The Balaban J connectivity index is 2.20. The number of ether oxygens (including phenoxy) is 1. The summed E-state index contributed by atoms with van der Waals surface area (Å²) in [5, 5.41) is -0.107. The second-order valence-electron chi connectivity index (χ2n) is 6.08. The number of fused-ring (bicyclic) bond motifs is 1. The molecule has 0 aromatic heterocycles. The van der Waals surface area contributed by atoms with Crippen molar-refractivity contribution in [3.05, 3.63) is 63.9 Å². The minimum absolute atomic E-state index is 0.107. The van der Waals surface area contributed by atoms with Crippen molar-refractivity contribution < 1.29 is 30.7 Å². The molecule has 0 fully saturated rings. The van der Waals surface area contributed by atoms with Crippen LogP contribution in [0.3, 0.4) is 0 Å². The molecule has 0 aliphatic heterocycles. The average Bonchev–Trinajstić information content (AvgIpc) is 2.82. The van der Waals surface area contributed by atoms with Crippen LogP contribution in [-0.2, 0) is 21.7 Å². The average molecular weight is 435 g/mol. The fourth-order valence-corrected chi connectivity index (χ4v) is 3.59. The molecule has 0 saturated heterocycles. The molecule has 2 aromatic rings. The Kier molecular flexibility index (Phi) is 6.00. The Labute approximate surface area is 166 Å². The van der Waals surface area contributed by atoms with Gasteiger partial charge in [0.25, 0.3) is 0 Å². The highest BCUT2D eigenvalue weighted by molar-refractivity contribution is 7.81. The van der Waals surface area contributed by atoms with Crippen LogP contribution >= 0.6 is 11.6 Å². The smallest absolute Gasteiger partial charge is 0.497 e. The van der Waals surface area contributed by atoms with Gasteiger partial charge in [0.2, 0.25) is 0 Å². The van der Waals surface area contributed by atoms with Gasteiger partial charge in [0.1, 0.15) is 11.6 Å². The van der Waals surface area contributed by atoms with E-state index in [1.54, 1.807) is 18.2 Å². The standard InChI is InChI=1S/C19H15ClF4O3S/c1-26-13-6-7-15-11(9-13)3-2-4-14(12-5-8-16(20)17(21)10-12)18(15)27-28(25)19(22,23)24/h5-10H,2-4H2,1H3. The third kappa shape index (κ3) is 4.33. The largest absolute Gasteiger partial charge is 0.508 e. The van der Waals surface area contributed by atoms with E-state index in [1.807, 2.05) is 0 Å². The van der Waals surface area contributed by atoms with Gasteiger partial charge in [0, 0.05) is 11.1 Å². The summed E-state index contributed by atoms with van der Waals surface area (Å²) in [5.41, 5.74) is -3.35. The minimum Gasteiger partial charge on any atom is -0.497 e. The first-order valence-electron chi connectivity index (χ1n) is 8.23. The van der Waals surface area contributed by atoms with Crippen LogP contribution in [0.25, 0.3) is 11.3 Å². The summed E-state index contributed by atoms with van der Waals surface area (Å²) in [4.78, 5) is 0. The molecule has 0 spiro atoms. The first kappa shape index (κ1) is 20.7. The molecule has 1 aliphatic rings. The van der Waals surface area contributed by atoms with Crippen LogP contribution in [0.1, 0.15) is 29.5 Å². The second-order valence-corrected chi connectivity index (χ2v) is 7.58. The zero-order valence-electron chi connectivity index (χ0n) is 14.6. The number of allylic oxidation sites excluding steroid dienone is 1. The van der Waals surface area contributed by atoms with Gasteiger partial charge in [-0.05, 0) is 60.7 Å². The molecule has 1 unspecified atom stereocenters. The summed E-state index contributed by atoms with van der Waals surface area (Å²) >= 11 is 2.14. The van der Waals surface area contributed by atoms with Gasteiger partial charge in [0.15, 0.2) is 5.76 Å². The van der Waals surface area contributed by atoms with Gasteiger partial charge in [-0.2, -0.15) is 13.2 Å². The first-order chi connectivity index (χ1) is 13.2. The number of benzene rings is 2. The molecule has 3 nitrogen and oxygen atoms in total. The van der Waals surface area contributed by atoms with Crippen molar-refractivity contribution in [3.8, 4) is 5.75 Å². The fourth-order valence-electron chi connectivity index (χ4n) is 3.03. The molecule has 3 rings (SSSR count). The van der Waals surface area contributed by atoms with Crippen LogP contribution in [-0.4, -0.2) is 16.8 Å². The molecule has 9 heteroatoms. The summed E-state index contributed by atoms with van der Waals surface area (Å²) in [6, 6.07) is 8.76. The molecular formula is C19H15ClF4O3S. The molecule has 150 valence electrons. The Bertz CT molecular complexity index is 957. The lowest BCUT2D eigenvalue weighted by atomic mass is 9.98. The highest BCUT2D eigenvalue weighted by Gasteiger charge is 2.41. The Morgan fingerprint density at radius 2 is 1.86 bits per heavy atom. The van der Waals surface area contributed by atoms with E-state index in [2.05, 4.69) is 0 Å². The first-order valence-corrected chi connectivity index (χ1v) is 9.68. The molecule has 0 bridgehead atoms. The monoisotopic (exact) mass is 434 g/mol. The van der Waals surface area contributed by atoms with E-state index in [-0.39, 0.29) is 10.8 Å². The molecule has 0 saturated carbocycles. The summed E-state index contributed by atoms with van der Waals surface area (Å²) in [6.07, 6.45) is 1.42. The van der Waals surface area contributed by atoms with E-state index in [0.29, 0.717) is 47.3 Å². The summed E-state index contributed by atoms with van der Waals surface area (Å²) in [5.74, 6) is -0.356. The maximum atomic E-state index is 14.0. The number of halogens is 5. The van der Waals surface area contributed by atoms with Crippen molar-refractivity contribution in [1.29, 1.82) is 0 Å². The molecule has 28 heavy (non-hydrogen) atoms. The molecule has 0 heterocycles. The van der Waals surface area contributed by atoms with Gasteiger partial charge in [-0.3, -0.25) is 0 Å². The number of aryl methyl sites for hydroxylation is 1. The summed E-state index contributed by atoms with van der Waals surface area (Å²) < 4.78 is 74.4. The van der Waals surface area contributed by atoms with Gasteiger partial charge < -0.3 is 8.92 Å². The van der Waals surface area contributed by atoms with Gasteiger partial charge in [-0.1, -0.05) is 17.7 Å². The molecule has 1 atom stereocenters. The Morgan fingerprint density at radius 1 is 1.11 bits per heavy atom. The zero-order chi connectivity index (χ0) is 20.5. The number of alkyl halides is 3. The van der Waals surface area contributed by atoms with Crippen LogP contribution in [0, 0.1) is 5.82 Å². The van der Waals surface area contributed by atoms with Gasteiger partial charge >= 0.3 is 16.6 Å². The summed E-state index contributed by atoms with van der Waals surface area (Å²) in [7, 11) is 1.48. The molecule has 2 aromatic carbocycles. The molecular weight excluding hydrogens is 420 g/mol. The highest BCUT2D eigenvalue weighted by Crippen LogP contribution is 2.40.